The van der Waals surface area contributed by atoms with E-state index in [1.807, 2.05) is 0 Å². The summed E-state index contributed by atoms with van der Waals surface area (Å²) in [7, 11) is 0. The highest BCUT2D eigenvalue weighted by Gasteiger charge is 2.04. The molecule has 0 heterocycles. The molecule has 8 heavy (non-hydrogen) atoms. The predicted molar refractivity (Wildman–Crippen MR) is 30.5 cm³/mol. The van der Waals surface area contributed by atoms with Crippen molar-refractivity contribution in [2.75, 3.05) is 0 Å². The summed E-state index contributed by atoms with van der Waals surface area (Å²) < 4.78 is 0. The molecule has 0 saturated carbocycles. The summed E-state index contributed by atoms with van der Waals surface area (Å²) in [6.45, 7) is 0. The Labute approximate surface area is 47.8 Å². The molecule has 1 atom stereocenters. The van der Waals surface area contributed by atoms with Gasteiger partial charge in [0.2, 0.25) is 0 Å². The molecule has 1 rings (SSSR count). The van der Waals surface area contributed by atoms with Gasteiger partial charge in [0.25, 0.3) is 0 Å². The average Bonchev–Trinajstić information content (AvgIpc) is 1.64. The van der Waals surface area contributed by atoms with Crippen molar-refractivity contribution in [3.05, 3.63) is 24.0 Å². The van der Waals surface area contributed by atoms with Gasteiger partial charge in [0.1, 0.15) is 0 Å². The Hall–Kier alpha value is -0.760. The molecule has 1 unspecified atom stereocenters. The zero-order chi connectivity index (χ0) is 5.98. The van der Waals surface area contributed by atoms with Crippen LogP contribution in [0.2, 0.25) is 0 Å². The third-order valence-corrected chi connectivity index (χ3v) is 1.04. The van der Waals surface area contributed by atoms with Crippen molar-refractivity contribution in [1.29, 1.82) is 0 Å². The van der Waals surface area contributed by atoms with Gasteiger partial charge in [0.05, 0.1) is 11.9 Å². The molecule has 0 aromatic carbocycles. The number of aliphatic hydroxyl groups excluding tert-OH is 2. The summed E-state index contributed by atoms with van der Waals surface area (Å²) >= 11 is 0. The van der Waals surface area contributed by atoms with Crippen LogP contribution in [0.5, 0.6) is 0 Å². The van der Waals surface area contributed by atoms with Gasteiger partial charge in [-0.3, -0.25) is 0 Å². The highest BCUT2D eigenvalue weighted by molar-refractivity contribution is 5.15. The molecule has 0 bridgehead atoms. The summed E-state index contributed by atoms with van der Waals surface area (Å²) in [5, 5.41) is 17.5. The van der Waals surface area contributed by atoms with Crippen molar-refractivity contribution in [3.63, 3.8) is 0 Å². The zero-order valence-electron chi connectivity index (χ0n) is 4.41. The summed E-state index contributed by atoms with van der Waals surface area (Å²) in [6.07, 6.45) is 4.73. The number of rotatable bonds is 0. The highest BCUT2D eigenvalue weighted by Crippen LogP contribution is 2.07. The minimum Gasteiger partial charge on any atom is -0.512 e. The first kappa shape index (κ1) is 5.38. The second kappa shape index (κ2) is 2.01. The Bertz CT molecular complexity index is 135. The number of hydrogen-bond donors (Lipinski definition) is 2. The molecule has 0 saturated heterocycles. The number of aliphatic hydroxyl groups is 2. The van der Waals surface area contributed by atoms with Crippen LogP contribution < -0.4 is 0 Å². The maximum Gasteiger partial charge on any atom is 0.0951 e. The molecule has 0 amide bonds. The minimum absolute atomic E-state index is 0.250. The van der Waals surface area contributed by atoms with Crippen molar-refractivity contribution in [2.24, 2.45) is 0 Å². The van der Waals surface area contributed by atoms with Gasteiger partial charge in [0, 0.05) is 6.42 Å². The van der Waals surface area contributed by atoms with Gasteiger partial charge in [0.15, 0.2) is 0 Å². The summed E-state index contributed by atoms with van der Waals surface area (Å²) in [6, 6.07) is 0. The molecule has 0 spiro atoms. The van der Waals surface area contributed by atoms with Crippen LogP contribution in [0.15, 0.2) is 24.0 Å². The second-order valence-electron chi connectivity index (χ2n) is 1.81. The predicted octanol–water partition coefficient (Wildman–Crippen LogP) is 0.749. The second-order valence-corrected chi connectivity index (χ2v) is 1.81. The van der Waals surface area contributed by atoms with Crippen LogP contribution in [0.1, 0.15) is 6.42 Å². The van der Waals surface area contributed by atoms with E-state index in [9.17, 15) is 0 Å². The van der Waals surface area contributed by atoms with Gasteiger partial charge in [-0.2, -0.15) is 0 Å². The van der Waals surface area contributed by atoms with E-state index < -0.39 is 6.10 Å². The van der Waals surface area contributed by atoms with Gasteiger partial charge in [-0.15, -0.1) is 0 Å². The minimum atomic E-state index is -0.486. The first-order valence-electron chi connectivity index (χ1n) is 2.53. The topological polar surface area (TPSA) is 40.5 Å². The Morgan fingerprint density at radius 3 is 2.75 bits per heavy atom. The molecular formula is C6H8O2. The fourth-order valence-corrected chi connectivity index (χ4v) is 0.645. The monoisotopic (exact) mass is 112 g/mol. The number of hydrogen-bond acceptors (Lipinski definition) is 2. The highest BCUT2D eigenvalue weighted by atomic mass is 16.3. The molecule has 2 heteroatoms. The van der Waals surface area contributed by atoms with Crippen LogP contribution in [-0.4, -0.2) is 16.3 Å². The Morgan fingerprint density at radius 2 is 2.38 bits per heavy atom. The third-order valence-electron chi connectivity index (χ3n) is 1.04. The van der Waals surface area contributed by atoms with Crippen molar-refractivity contribution in [3.8, 4) is 0 Å². The maximum atomic E-state index is 8.79. The van der Waals surface area contributed by atoms with Crippen LogP contribution in [-0.2, 0) is 0 Å². The molecule has 0 aromatic heterocycles. The van der Waals surface area contributed by atoms with E-state index in [0.29, 0.717) is 6.42 Å². The van der Waals surface area contributed by atoms with Gasteiger partial charge in [-0.25, -0.2) is 0 Å². The van der Waals surface area contributed by atoms with Crippen LogP contribution in [0.4, 0.5) is 0 Å². The molecule has 0 aliphatic heterocycles. The molecule has 2 nitrogen and oxygen atoms in total. The van der Waals surface area contributed by atoms with E-state index >= 15 is 0 Å². The average molecular weight is 112 g/mol. The van der Waals surface area contributed by atoms with Crippen molar-refractivity contribution < 1.29 is 10.2 Å². The Balaban J connectivity index is 2.59. The quantitative estimate of drug-likeness (QED) is 0.485. The lowest BCUT2D eigenvalue weighted by Gasteiger charge is -2.06. The Morgan fingerprint density at radius 1 is 1.62 bits per heavy atom. The van der Waals surface area contributed by atoms with E-state index in [1.54, 1.807) is 18.2 Å². The van der Waals surface area contributed by atoms with E-state index in [-0.39, 0.29) is 5.76 Å². The first-order chi connectivity index (χ1) is 3.79. The largest absolute Gasteiger partial charge is 0.512 e. The molecule has 1 aliphatic carbocycles. The molecule has 2 N–H and O–H groups in total. The molecular weight excluding hydrogens is 104 g/mol. The molecule has 44 valence electrons. The number of allylic oxidation sites excluding steroid dienone is 2. The Kier molecular flexibility index (Phi) is 1.35. The molecule has 0 radical (unpaired) electrons. The van der Waals surface area contributed by atoms with Crippen molar-refractivity contribution in [1.82, 2.24) is 0 Å². The van der Waals surface area contributed by atoms with Crippen molar-refractivity contribution in [2.45, 2.75) is 12.5 Å². The fraction of sp³-hybridized carbons (Fsp3) is 0.333. The van der Waals surface area contributed by atoms with Crippen LogP contribution >= 0.6 is 0 Å². The third kappa shape index (κ3) is 1.10. The SMILES string of the molecule is OC1=CC=CC(O)C1. The van der Waals surface area contributed by atoms with Gasteiger partial charge in [-0.1, -0.05) is 12.2 Å². The van der Waals surface area contributed by atoms with Crippen LogP contribution in [0, 0.1) is 0 Å². The van der Waals surface area contributed by atoms with Gasteiger partial charge >= 0.3 is 0 Å². The normalized spacial score (nSPS) is 27.6. The van der Waals surface area contributed by atoms with Crippen molar-refractivity contribution >= 4 is 0 Å². The standard InChI is InChI=1S/C6H8O2/c7-5-2-1-3-6(8)4-5/h1-3,5,7-8H,4H2. The summed E-state index contributed by atoms with van der Waals surface area (Å²) in [5.41, 5.74) is 0. The molecule has 1 aliphatic rings. The van der Waals surface area contributed by atoms with Gasteiger partial charge < -0.3 is 10.2 Å². The van der Waals surface area contributed by atoms with E-state index in [4.69, 9.17) is 10.2 Å². The zero-order valence-corrected chi connectivity index (χ0v) is 4.41. The van der Waals surface area contributed by atoms with Crippen LogP contribution in [0.3, 0.4) is 0 Å². The molecule has 0 aromatic rings. The summed E-state index contributed by atoms with van der Waals surface area (Å²) in [5.74, 6) is 0.250. The fourth-order valence-electron chi connectivity index (χ4n) is 0.645. The van der Waals surface area contributed by atoms with Gasteiger partial charge in [-0.05, 0) is 6.08 Å². The molecule has 0 fully saturated rings. The lowest BCUT2D eigenvalue weighted by Crippen LogP contribution is -2.05. The maximum absolute atomic E-state index is 8.79. The first-order valence-corrected chi connectivity index (χ1v) is 2.53. The van der Waals surface area contributed by atoms with Crippen LogP contribution in [0.25, 0.3) is 0 Å². The lowest BCUT2D eigenvalue weighted by atomic mass is 10.1. The van der Waals surface area contributed by atoms with E-state index in [2.05, 4.69) is 0 Å². The van der Waals surface area contributed by atoms with E-state index in [0.717, 1.165) is 0 Å². The smallest absolute Gasteiger partial charge is 0.0951 e. The lowest BCUT2D eigenvalue weighted by molar-refractivity contribution is 0.200. The van der Waals surface area contributed by atoms with E-state index in [1.165, 1.54) is 0 Å². The summed E-state index contributed by atoms with van der Waals surface area (Å²) in [4.78, 5) is 0.